The quantitative estimate of drug-likeness (QED) is 0.0993. The lowest BCUT2D eigenvalue weighted by Crippen LogP contribution is -2.56. The number of rotatable bonds is 15. The maximum atomic E-state index is 13.2. The second kappa shape index (κ2) is 17.7. The van der Waals surface area contributed by atoms with Crippen LogP contribution in [0.2, 0.25) is 0 Å². The van der Waals surface area contributed by atoms with Gasteiger partial charge in [-0.3, -0.25) is 33.6 Å². The van der Waals surface area contributed by atoms with Crippen molar-refractivity contribution in [2.75, 3.05) is 32.7 Å². The van der Waals surface area contributed by atoms with Gasteiger partial charge in [-0.15, -0.1) is 0 Å². The molecule has 0 bridgehead atoms. The highest BCUT2D eigenvalue weighted by atomic mass is 16.4. The van der Waals surface area contributed by atoms with E-state index in [1.807, 2.05) is 0 Å². The Hall–Kier alpha value is -5.06. The SMILES string of the molecule is C[C@H](NC(=O)[C@H](Cc1ccccc1)NC(=O)CNC(=O)[C@H](C)NC(=O)[C@@H]1CCCN1C(=O)CN)C(=O)NCC(=O)N1CCC[C@H]1C(=O)O. The molecule has 2 heterocycles. The maximum absolute atomic E-state index is 13.2. The summed E-state index contributed by atoms with van der Waals surface area (Å²) in [6.07, 6.45) is 1.97. The first-order valence-corrected chi connectivity index (χ1v) is 15.8. The number of aliphatic carboxylic acids is 1. The monoisotopic (exact) mass is 672 g/mol. The summed E-state index contributed by atoms with van der Waals surface area (Å²) in [5.41, 5.74) is 6.12. The normalized spacial score (nSPS) is 19.0. The smallest absolute Gasteiger partial charge is 0.326 e. The van der Waals surface area contributed by atoms with Crippen molar-refractivity contribution in [1.82, 2.24) is 36.4 Å². The Morgan fingerprint density at radius 1 is 0.771 bits per heavy atom. The number of benzene rings is 1. The summed E-state index contributed by atoms with van der Waals surface area (Å²) in [5, 5.41) is 21.7. The number of hydrogen-bond acceptors (Lipinski definition) is 9. The number of carboxylic acid groups (broad SMARTS) is 1. The minimum absolute atomic E-state index is 0.0522. The minimum Gasteiger partial charge on any atom is -0.480 e. The molecule has 0 spiro atoms. The molecule has 2 fully saturated rings. The predicted octanol–water partition coefficient (Wildman–Crippen LogP) is -3.02. The van der Waals surface area contributed by atoms with Gasteiger partial charge in [-0.2, -0.15) is 0 Å². The van der Waals surface area contributed by atoms with E-state index in [0.717, 1.165) is 0 Å². The molecule has 2 aliphatic heterocycles. The van der Waals surface area contributed by atoms with Crippen LogP contribution in [0.15, 0.2) is 30.3 Å². The number of carbonyl (C=O) groups excluding carboxylic acids is 7. The van der Waals surface area contributed by atoms with E-state index in [9.17, 15) is 43.5 Å². The van der Waals surface area contributed by atoms with Crippen molar-refractivity contribution in [3.63, 3.8) is 0 Å². The molecule has 262 valence electrons. The Balaban J connectivity index is 1.52. The number of nitrogens with one attached hydrogen (secondary N) is 5. The van der Waals surface area contributed by atoms with Gasteiger partial charge in [0.1, 0.15) is 30.2 Å². The van der Waals surface area contributed by atoms with Gasteiger partial charge in [-0.25, -0.2) is 4.79 Å². The highest BCUT2D eigenvalue weighted by Gasteiger charge is 2.35. The molecule has 5 atom stereocenters. The van der Waals surface area contributed by atoms with E-state index in [1.54, 1.807) is 30.3 Å². The fourth-order valence-electron chi connectivity index (χ4n) is 5.57. The molecular weight excluding hydrogens is 628 g/mol. The molecule has 2 saturated heterocycles. The predicted molar refractivity (Wildman–Crippen MR) is 169 cm³/mol. The van der Waals surface area contributed by atoms with Crippen molar-refractivity contribution in [2.24, 2.45) is 5.73 Å². The van der Waals surface area contributed by atoms with Gasteiger partial charge < -0.3 is 47.2 Å². The molecule has 7 amide bonds. The molecule has 0 aliphatic carbocycles. The molecule has 2 aliphatic rings. The highest BCUT2D eigenvalue weighted by Crippen LogP contribution is 2.18. The van der Waals surface area contributed by atoms with Crippen molar-refractivity contribution in [3.05, 3.63) is 35.9 Å². The summed E-state index contributed by atoms with van der Waals surface area (Å²) in [6, 6.07) is 3.79. The Morgan fingerprint density at radius 2 is 1.33 bits per heavy atom. The van der Waals surface area contributed by atoms with Crippen LogP contribution in [0.5, 0.6) is 0 Å². The van der Waals surface area contributed by atoms with Crippen LogP contribution in [-0.4, -0.2) is 125 Å². The van der Waals surface area contributed by atoms with Crippen LogP contribution >= 0.6 is 0 Å². The summed E-state index contributed by atoms with van der Waals surface area (Å²) < 4.78 is 0. The van der Waals surface area contributed by atoms with Gasteiger partial charge in [0.15, 0.2) is 0 Å². The van der Waals surface area contributed by atoms with E-state index in [2.05, 4.69) is 26.6 Å². The second-order valence-electron chi connectivity index (χ2n) is 11.7. The van der Waals surface area contributed by atoms with Crippen LogP contribution in [0.3, 0.4) is 0 Å². The van der Waals surface area contributed by atoms with Gasteiger partial charge in [0.2, 0.25) is 41.4 Å². The largest absolute Gasteiger partial charge is 0.480 e. The first-order valence-electron chi connectivity index (χ1n) is 15.8. The molecule has 1 aromatic rings. The fourth-order valence-corrected chi connectivity index (χ4v) is 5.57. The lowest BCUT2D eigenvalue weighted by molar-refractivity contribution is -0.148. The number of carboxylic acids is 1. The van der Waals surface area contributed by atoms with Crippen molar-refractivity contribution in [3.8, 4) is 0 Å². The lowest BCUT2D eigenvalue weighted by Gasteiger charge is -2.25. The van der Waals surface area contributed by atoms with Crippen LogP contribution in [0.1, 0.15) is 45.1 Å². The van der Waals surface area contributed by atoms with Gasteiger partial charge >= 0.3 is 5.97 Å². The fraction of sp³-hybridized carbons (Fsp3) is 0.548. The zero-order chi connectivity index (χ0) is 35.4. The van der Waals surface area contributed by atoms with E-state index < -0.39 is 84.7 Å². The summed E-state index contributed by atoms with van der Waals surface area (Å²) in [6.45, 7) is 2.27. The molecule has 17 heteroatoms. The zero-order valence-electron chi connectivity index (χ0n) is 27.0. The lowest BCUT2D eigenvalue weighted by atomic mass is 10.0. The van der Waals surface area contributed by atoms with Gasteiger partial charge in [0, 0.05) is 19.5 Å². The van der Waals surface area contributed by atoms with E-state index in [1.165, 1.54) is 23.6 Å². The molecule has 1 aromatic carbocycles. The highest BCUT2D eigenvalue weighted by molar-refractivity contribution is 5.96. The van der Waals surface area contributed by atoms with E-state index in [-0.39, 0.29) is 25.4 Å². The van der Waals surface area contributed by atoms with Crippen LogP contribution in [0.4, 0.5) is 0 Å². The molecule has 0 saturated carbocycles. The summed E-state index contributed by atoms with van der Waals surface area (Å²) >= 11 is 0. The molecule has 17 nitrogen and oxygen atoms in total. The minimum atomic E-state index is -1.15. The summed E-state index contributed by atoms with van der Waals surface area (Å²) in [5.74, 6) is -5.32. The molecule has 48 heavy (non-hydrogen) atoms. The molecule has 3 rings (SSSR count). The van der Waals surface area contributed by atoms with Gasteiger partial charge in [0.25, 0.3) is 0 Å². The first-order chi connectivity index (χ1) is 22.8. The third kappa shape index (κ3) is 10.5. The number of carbonyl (C=O) groups is 8. The number of likely N-dealkylation sites (tertiary alicyclic amines) is 2. The third-order valence-electron chi connectivity index (χ3n) is 8.18. The molecule has 0 unspecified atom stereocenters. The number of nitrogens with zero attached hydrogens (tertiary/aromatic N) is 2. The number of amides is 7. The average Bonchev–Trinajstić information content (AvgIpc) is 3.77. The Bertz CT molecular complexity index is 1370. The molecular formula is C31H44N8O9. The summed E-state index contributed by atoms with van der Waals surface area (Å²) in [7, 11) is 0. The first kappa shape index (κ1) is 37.4. The second-order valence-corrected chi connectivity index (χ2v) is 11.7. The maximum Gasteiger partial charge on any atom is 0.326 e. The van der Waals surface area contributed by atoms with Crippen LogP contribution in [0.25, 0.3) is 0 Å². The van der Waals surface area contributed by atoms with E-state index in [4.69, 9.17) is 5.73 Å². The topological polar surface area (TPSA) is 249 Å². The zero-order valence-corrected chi connectivity index (χ0v) is 27.0. The molecule has 0 aromatic heterocycles. The molecule has 0 radical (unpaired) electrons. The Kier molecular flexibility index (Phi) is 13.8. The Labute approximate surface area is 277 Å². The van der Waals surface area contributed by atoms with Crippen LogP contribution < -0.4 is 32.3 Å². The summed E-state index contributed by atoms with van der Waals surface area (Å²) in [4.78, 5) is 103. The van der Waals surface area contributed by atoms with Gasteiger partial charge in [-0.05, 0) is 45.1 Å². The number of hydrogen-bond donors (Lipinski definition) is 7. The van der Waals surface area contributed by atoms with E-state index >= 15 is 0 Å². The van der Waals surface area contributed by atoms with Crippen molar-refractivity contribution in [1.29, 1.82) is 0 Å². The Morgan fingerprint density at radius 3 is 1.94 bits per heavy atom. The van der Waals surface area contributed by atoms with Crippen molar-refractivity contribution in [2.45, 2.75) is 76.2 Å². The number of nitrogens with two attached hydrogens (primary N) is 1. The van der Waals surface area contributed by atoms with Crippen molar-refractivity contribution < 1.29 is 43.5 Å². The van der Waals surface area contributed by atoms with E-state index in [0.29, 0.717) is 37.8 Å². The van der Waals surface area contributed by atoms with Crippen LogP contribution in [-0.2, 0) is 44.8 Å². The standard InChI is InChI=1S/C31H44N8O9/c1-18(28(44)34-17-26(42)39-13-7-11-23(39)31(47)48)35-29(45)21(14-20-8-4-3-5-9-20)37-24(40)16-33-27(43)19(2)36-30(46)22-10-6-12-38(22)25(41)15-32/h3-5,8-9,18-19,21-23H,6-7,10-17,32H2,1-2H3,(H,33,43)(H,34,44)(H,35,45)(H,36,46)(H,37,40)(H,47,48)/t18-,19-,21-,22-,23-/m0/s1. The van der Waals surface area contributed by atoms with Gasteiger partial charge in [0.05, 0.1) is 19.6 Å². The molecule has 8 N–H and O–H groups in total. The van der Waals surface area contributed by atoms with Gasteiger partial charge in [-0.1, -0.05) is 30.3 Å². The third-order valence-corrected chi connectivity index (χ3v) is 8.18. The van der Waals surface area contributed by atoms with Crippen molar-refractivity contribution >= 4 is 47.3 Å². The van der Waals surface area contributed by atoms with Crippen LogP contribution in [0, 0.1) is 0 Å². The average molecular weight is 673 g/mol.